The Kier molecular flexibility index (Phi) is 3.38. The molecule has 0 amide bonds. The molecule has 0 spiro atoms. The molecule has 1 heterocycles. The Labute approximate surface area is 103 Å². The molecule has 3 heteroatoms. The molecule has 92 valence electrons. The van der Waals surface area contributed by atoms with Gasteiger partial charge < -0.3 is 14.8 Å². The third-order valence-electron chi connectivity index (χ3n) is 3.37. The SMILES string of the molecule is CC(CNc1ccc2c(ccn2C)c1)N(C)C. The highest BCUT2D eigenvalue weighted by molar-refractivity contribution is 5.83. The van der Waals surface area contributed by atoms with Crippen LogP contribution in [0.5, 0.6) is 0 Å². The Bertz CT molecular complexity index is 499. The van der Waals surface area contributed by atoms with Gasteiger partial charge in [-0.1, -0.05) is 0 Å². The standard InChI is InChI=1S/C14H21N3/c1-11(16(2)3)10-15-13-5-6-14-12(9-13)7-8-17(14)4/h5-9,11,15H,10H2,1-4H3. The first-order chi connectivity index (χ1) is 8.08. The van der Waals surface area contributed by atoms with Crippen molar-refractivity contribution in [3.8, 4) is 0 Å². The molecule has 0 aliphatic rings. The van der Waals surface area contributed by atoms with Gasteiger partial charge >= 0.3 is 0 Å². The molecular weight excluding hydrogens is 210 g/mol. The summed E-state index contributed by atoms with van der Waals surface area (Å²) in [5, 5.41) is 4.76. The van der Waals surface area contributed by atoms with E-state index in [1.54, 1.807) is 0 Å². The van der Waals surface area contributed by atoms with Crippen LogP contribution in [0.15, 0.2) is 30.5 Å². The molecule has 2 rings (SSSR count). The molecule has 2 aromatic rings. The van der Waals surface area contributed by atoms with E-state index in [9.17, 15) is 0 Å². The van der Waals surface area contributed by atoms with Crippen LogP contribution in [0.1, 0.15) is 6.92 Å². The van der Waals surface area contributed by atoms with Crippen molar-refractivity contribution in [2.75, 3.05) is 26.0 Å². The van der Waals surface area contributed by atoms with Crippen molar-refractivity contribution in [2.45, 2.75) is 13.0 Å². The molecule has 1 aromatic heterocycles. The Morgan fingerprint density at radius 3 is 2.76 bits per heavy atom. The van der Waals surface area contributed by atoms with Gasteiger partial charge in [-0.2, -0.15) is 0 Å². The van der Waals surface area contributed by atoms with Crippen molar-refractivity contribution >= 4 is 16.6 Å². The van der Waals surface area contributed by atoms with Crippen molar-refractivity contribution in [1.82, 2.24) is 9.47 Å². The average molecular weight is 231 g/mol. The summed E-state index contributed by atoms with van der Waals surface area (Å²) in [4.78, 5) is 2.22. The molecule has 0 aliphatic heterocycles. The van der Waals surface area contributed by atoms with Crippen molar-refractivity contribution in [3.63, 3.8) is 0 Å². The molecular formula is C14H21N3. The van der Waals surface area contributed by atoms with Gasteiger partial charge in [-0.05, 0) is 45.3 Å². The van der Waals surface area contributed by atoms with Crippen LogP contribution in [-0.4, -0.2) is 36.1 Å². The zero-order valence-electron chi connectivity index (χ0n) is 11.1. The summed E-state index contributed by atoms with van der Waals surface area (Å²) < 4.78 is 2.14. The number of hydrogen-bond donors (Lipinski definition) is 1. The largest absolute Gasteiger partial charge is 0.383 e. The van der Waals surface area contributed by atoms with E-state index in [-0.39, 0.29) is 0 Å². The van der Waals surface area contributed by atoms with Gasteiger partial charge in [-0.3, -0.25) is 0 Å². The molecule has 1 atom stereocenters. The van der Waals surface area contributed by atoms with Gasteiger partial charge in [-0.15, -0.1) is 0 Å². The van der Waals surface area contributed by atoms with Crippen LogP contribution in [0.2, 0.25) is 0 Å². The van der Waals surface area contributed by atoms with E-state index < -0.39 is 0 Å². The summed E-state index contributed by atoms with van der Waals surface area (Å²) >= 11 is 0. The maximum atomic E-state index is 3.48. The lowest BCUT2D eigenvalue weighted by atomic mass is 10.2. The molecule has 0 fully saturated rings. The third kappa shape index (κ3) is 2.61. The summed E-state index contributed by atoms with van der Waals surface area (Å²) in [6.07, 6.45) is 2.09. The molecule has 0 radical (unpaired) electrons. The predicted molar refractivity (Wildman–Crippen MR) is 74.6 cm³/mol. The lowest BCUT2D eigenvalue weighted by Gasteiger charge is -2.20. The number of rotatable bonds is 4. The molecule has 0 aliphatic carbocycles. The van der Waals surface area contributed by atoms with E-state index >= 15 is 0 Å². The maximum absolute atomic E-state index is 3.48. The van der Waals surface area contributed by atoms with Crippen LogP contribution in [0, 0.1) is 0 Å². The number of hydrogen-bond acceptors (Lipinski definition) is 2. The highest BCUT2D eigenvalue weighted by atomic mass is 15.1. The molecule has 0 saturated carbocycles. The predicted octanol–water partition coefficient (Wildman–Crippen LogP) is 2.54. The van der Waals surface area contributed by atoms with Gasteiger partial charge in [0, 0.05) is 42.4 Å². The Hall–Kier alpha value is -1.48. The lowest BCUT2D eigenvalue weighted by Crippen LogP contribution is -2.31. The topological polar surface area (TPSA) is 20.2 Å². The van der Waals surface area contributed by atoms with Gasteiger partial charge in [0.05, 0.1) is 0 Å². The van der Waals surface area contributed by atoms with Gasteiger partial charge in [0.1, 0.15) is 0 Å². The smallest absolute Gasteiger partial charge is 0.0479 e. The Balaban J connectivity index is 2.09. The molecule has 3 nitrogen and oxygen atoms in total. The van der Waals surface area contributed by atoms with Crippen molar-refractivity contribution in [3.05, 3.63) is 30.5 Å². The zero-order chi connectivity index (χ0) is 12.4. The fourth-order valence-electron chi connectivity index (χ4n) is 1.84. The van der Waals surface area contributed by atoms with Crippen molar-refractivity contribution in [1.29, 1.82) is 0 Å². The van der Waals surface area contributed by atoms with E-state index in [2.05, 4.69) is 73.3 Å². The fourth-order valence-corrected chi connectivity index (χ4v) is 1.84. The number of fused-ring (bicyclic) bond motifs is 1. The van der Waals surface area contributed by atoms with Crippen LogP contribution in [0.25, 0.3) is 10.9 Å². The van der Waals surface area contributed by atoms with E-state index in [0.717, 1.165) is 6.54 Å². The summed E-state index contributed by atoms with van der Waals surface area (Å²) in [6.45, 7) is 3.18. The summed E-state index contributed by atoms with van der Waals surface area (Å²) in [6, 6.07) is 9.19. The molecule has 1 unspecified atom stereocenters. The van der Waals surface area contributed by atoms with Crippen LogP contribution < -0.4 is 5.32 Å². The second-order valence-electron chi connectivity index (χ2n) is 4.89. The quantitative estimate of drug-likeness (QED) is 0.872. The lowest BCUT2D eigenvalue weighted by molar-refractivity contribution is 0.326. The Morgan fingerprint density at radius 1 is 1.29 bits per heavy atom. The van der Waals surface area contributed by atoms with Gasteiger partial charge in [0.15, 0.2) is 0 Å². The average Bonchev–Trinajstić information content (AvgIpc) is 2.67. The number of aromatic nitrogens is 1. The first kappa shape index (κ1) is 12.0. The van der Waals surface area contributed by atoms with E-state index in [1.807, 2.05) is 0 Å². The molecule has 17 heavy (non-hydrogen) atoms. The van der Waals surface area contributed by atoms with Crippen LogP contribution in [0.4, 0.5) is 5.69 Å². The molecule has 0 bridgehead atoms. The maximum Gasteiger partial charge on any atom is 0.0479 e. The minimum absolute atomic E-state index is 0.529. The number of benzene rings is 1. The summed E-state index contributed by atoms with van der Waals surface area (Å²) in [5.74, 6) is 0. The number of nitrogens with zero attached hydrogens (tertiary/aromatic N) is 2. The summed E-state index contributed by atoms with van der Waals surface area (Å²) in [5.41, 5.74) is 2.47. The van der Waals surface area contributed by atoms with Crippen LogP contribution >= 0.6 is 0 Å². The van der Waals surface area contributed by atoms with Crippen molar-refractivity contribution in [2.24, 2.45) is 7.05 Å². The minimum Gasteiger partial charge on any atom is -0.383 e. The third-order valence-corrected chi connectivity index (χ3v) is 3.37. The fraction of sp³-hybridized carbons (Fsp3) is 0.429. The monoisotopic (exact) mass is 231 g/mol. The molecule has 1 aromatic carbocycles. The molecule has 0 saturated heterocycles. The Morgan fingerprint density at radius 2 is 2.06 bits per heavy atom. The first-order valence-electron chi connectivity index (χ1n) is 6.03. The number of anilines is 1. The number of nitrogens with one attached hydrogen (secondary N) is 1. The van der Waals surface area contributed by atoms with Gasteiger partial charge in [0.25, 0.3) is 0 Å². The van der Waals surface area contributed by atoms with E-state index in [4.69, 9.17) is 0 Å². The minimum atomic E-state index is 0.529. The van der Waals surface area contributed by atoms with E-state index in [0.29, 0.717) is 6.04 Å². The second-order valence-corrected chi connectivity index (χ2v) is 4.89. The van der Waals surface area contributed by atoms with E-state index in [1.165, 1.54) is 16.6 Å². The highest BCUT2D eigenvalue weighted by Crippen LogP contribution is 2.19. The van der Waals surface area contributed by atoms with Crippen LogP contribution in [-0.2, 0) is 7.05 Å². The number of likely N-dealkylation sites (N-methyl/N-ethyl adjacent to an activating group) is 1. The van der Waals surface area contributed by atoms with Gasteiger partial charge in [0.2, 0.25) is 0 Å². The zero-order valence-corrected chi connectivity index (χ0v) is 11.1. The highest BCUT2D eigenvalue weighted by Gasteiger charge is 2.04. The molecule has 1 N–H and O–H groups in total. The number of aryl methyl sites for hydroxylation is 1. The summed E-state index contributed by atoms with van der Waals surface area (Å²) in [7, 11) is 6.28. The van der Waals surface area contributed by atoms with Crippen LogP contribution in [0.3, 0.4) is 0 Å². The normalized spacial score (nSPS) is 13.2. The van der Waals surface area contributed by atoms with Gasteiger partial charge in [-0.25, -0.2) is 0 Å². The van der Waals surface area contributed by atoms with Crippen molar-refractivity contribution < 1.29 is 0 Å². The first-order valence-corrected chi connectivity index (χ1v) is 6.03. The second kappa shape index (κ2) is 4.80.